The third kappa shape index (κ3) is 5.37. The van der Waals surface area contributed by atoms with Gasteiger partial charge >= 0.3 is 6.16 Å². The van der Waals surface area contributed by atoms with Crippen LogP contribution in [0.3, 0.4) is 0 Å². The molecule has 0 amide bonds. The Bertz CT molecular complexity index is 99.9. The van der Waals surface area contributed by atoms with Crippen molar-refractivity contribution < 1.29 is 19.4 Å². The first-order chi connectivity index (χ1) is 4.66. The zero-order valence-electron chi connectivity index (χ0n) is 6.12. The molecule has 0 saturated heterocycles. The van der Waals surface area contributed by atoms with E-state index in [9.17, 15) is 9.90 Å². The van der Waals surface area contributed by atoms with E-state index >= 15 is 0 Å². The Balaban J connectivity index is 3.26. The summed E-state index contributed by atoms with van der Waals surface area (Å²) in [5.41, 5.74) is 0. The SMILES string of the molecule is CC(C)OC(=O)OCC[O]. The van der Waals surface area contributed by atoms with Gasteiger partial charge < -0.3 is 9.47 Å². The predicted molar refractivity (Wildman–Crippen MR) is 33.1 cm³/mol. The van der Waals surface area contributed by atoms with E-state index in [4.69, 9.17) is 0 Å². The molecular formula is C6H11O4. The van der Waals surface area contributed by atoms with Gasteiger partial charge in [-0.3, -0.25) is 0 Å². The van der Waals surface area contributed by atoms with Gasteiger partial charge in [-0.1, -0.05) is 0 Å². The second-order valence-corrected chi connectivity index (χ2v) is 1.97. The fraction of sp³-hybridized carbons (Fsp3) is 0.833. The molecule has 0 bridgehead atoms. The summed E-state index contributed by atoms with van der Waals surface area (Å²) in [6.07, 6.45) is -0.968. The van der Waals surface area contributed by atoms with Crippen LogP contribution in [0.4, 0.5) is 4.79 Å². The van der Waals surface area contributed by atoms with Gasteiger partial charge in [0.25, 0.3) is 0 Å². The molecule has 0 aromatic heterocycles. The molecule has 0 fully saturated rings. The van der Waals surface area contributed by atoms with Crippen LogP contribution in [-0.4, -0.2) is 25.5 Å². The number of hydrogen-bond donors (Lipinski definition) is 0. The van der Waals surface area contributed by atoms with E-state index in [2.05, 4.69) is 9.47 Å². The maximum absolute atomic E-state index is 10.4. The van der Waals surface area contributed by atoms with Crippen LogP contribution >= 0.6 is 0 Å². The Morgan fingerprint density at radius 2 is 2.10 bits per heavy atom. The molecule has 0 spiro atoms. The summed E-state index contributed by atoms with van der Waals surface area (Å²) in [5, 5.41) is 9.79. The molecule has 4 heteroatoms. The van der Waals surface area contributed by atoms with Crippen molar-refractivity contribution >= 4 is 6.16 Å². The first kappa shape index (κ1) is 9.23. The van der Waals surface area contributed by atoms with Gasteiger partial charge in [0.2, 0.25) is 0 Å². The van der Waals surface area contributed by atoms with E-state index < -0.39 is 12.8 Å². The lowest BCUT2D eigenvalue weighted by atomic mass is 10.5. The molecule has 59 valence electrons. The average Bonchev–Trinajstić information content (AvgIpc) is 1.82. The molecule has 0 N–H and O–H groups in total. The molecule has 0 heterocycles. The summed E-state index contributed by atoms with van der Waals surface area (Å²) in [7, 11) is 0. The minimum Gasteiger partial charge on any atom is -0.432 e. The van der Waals surface area contributed by atoms with E-state index in [1.807, 2.05) is 0 Å². The Labute approximate surface area is 59.7 Å². The maximum atomic E-state index is 10.4. The van der Waals surface area contributed by atoms with Gasteiger partial charge in [0.1, 0.15) is 13.2 Å². The molecule has 0 aliphatic heterocycles. The summed E-state index contributed by atoms with van der Waals surface area (Å²) in [4.78, 5) is 10.4. The van der Waals surface area contributed by atoms with Crippen molar-refractivity contribution in [2.75, 3.05) is 13.2 Å². The van der Waals surface area contributed by atoms with Crippen molar-refractivity contribution in [1.29, 1.82) is 0 Å². The Morgan fingerprint density at radius 3 is 2.50 bits per heavy atom. The number of carbonyl (C=O) groups is 1. The number of ether oxygens (including phenoxy) is 2. The predicted octanol–water partition coefficient (Wildman–Crippen LogP) is 0.978. The summed E-state index contributed by atoms with van der Waals surface area (Å²) >= 11 is 0. The molecule has 0 aromatic carbocycles. The van der Waals surface area contributed by atoms with Gasteiger partial charge in [-0.15, -0.1) is 0 Å². The fourth-order valence-corrected chi connectivity index (χ4v) is 0.351. The molecule has 0 rings (SSSR count). The Kier molecular flexibility index (Phi) is 4.66. The molecule has 0 aliphatic rings. The van der Waals surface area contributed by atoms with Crippen LogP contribution in [-0.2, 0) is 14.6 Å². The lowest BCUT2D eigenvalue weighted by Crippen LogP contribution is -2.14. The zero-order valence-corrected chi connectivity index (χ0v) is 6.12. The molecule has 0 aliphatic carbocycles. The second kappa shape index (κ2) is 5.05. The quantitative estimate of drug-likeness (QED) is 0.559. The van der Waals surface area contributed by atoms with E-state index in [0.29, 0.717) is 0 Å². The summed E-state index contributed by atoms with van der Waals surface area (Å²) in [5.74, 6) is 0. The lowest BCUT2D eigenvalue weighted by molar-refractivity contribution is 0.0175. The van der Waals surface area contributed by atoms with Gasteiger partial charge in [-0.2, -0.15) is 0 Å². The fourth-order valence-electron chi connectivity index (χ4n) is 0.351. The molecule has 0 atom stereocenters. The summed E-state index contributed by atoms with van der Waals surface area (Å²) < 4.78 is 8.88. The van der Waals surface area contributed by atoms with Crippen LogP contribution in [0.25, 0.3) is 0 Å². The molecule has 4 nitrogen and oxygen atoms in total. The molecular weight excluding hydrogens is 136 g/mol. The van der Waals surface area contributed by atoms with Gasteiger partial charge in [0.05, 0.1) is 6.10 Å². The van der Waals surface area contributed by atoms with Gasteiger partial charge in [0, 0.05) is 0 Å². The van der Waals surface area contributed by atoms with Crippen LogP contribution in [0.15, 0.2) is 0 Å². The monoisotopic (exact) mass is 147 g/mol. The molecule has 0 saturated carbocycles. The molecule has 1 radical (unpaired) electrons. The van der Waals surface area contributed by atoms with E-state index in [1.165, 1.54) is 0 Å². The van der Waals surface area contributed by atoms with Gasteiger partial charge in [0.15, 0.2) is 0 Å². The third-order valence-electron chi connectivity index (χ3n) is 0.635. The number of rotatable bonds is 3. The second-order valence-electron chi connectivity index (χ2n) is 1.97. The van der Waals surface area contributed by atoms with Gasteiger partial charge in [-0.05, 0) is 13.8 Å². The molecule has 0 aromatic rings. The normalized spacial score (nSPS) is 9.60. The number of carbonyl (C=O) groups excluding carboxylic acids is 1. The van der Waals surface area contributed by atoms with Gasteiger partial charge in [-0.25, -0.2) is 9.90 Å². The van der Waals surface area contributed by atoms with E-state index in [1.54, 1.807) is 13.8 Å². The van der Waals surface area contributed by atoms with Crippen LogP contribution in [0, 0.1) is 0 Å². The first-order valence-corrected chi connectivity index (χ1v) is 3.08. The third-order valence-corrected chi connectivity index (χ3v) is 0.635. The van der Waals surface area contributed by atoms with Crippen molar-refractivity contribution in [1.82, 2.24) is 0 Å². The Morgan fingerprint density at radius 1 is 1.50 bits per heavy atom. The first-order valence-electron chi connectivity index (χ1n) is 3.08. The summed E-state index contributed by atoms with van der Waals surface area (Å²) in [6, 6.07) is 0. The smallest absolute Gasteiger partial charge is 0.432 e. The van der Waals surface area contributed by atoms with E-state index in [0.717, 1.165) is 0 Å². The highest BCUT2D eigenvalue weighted by Gasteiger charge is 2.04. The molecule has 10 heavy (non-hydrogen) atoms. The van der Waals surface area contributed by atoms with Crippen LogP contribution < -0.4 is 0 Å². The highest BCUT2D eigenvalue weighted by molar-refractivity contribution is 5.59. The molecule has 0 unspecified atom stereocenters. The average molecular weight is 147 g/mol. The van der Waals surface area contributed by atoms with Crippen molar-refractivity contribution in [3.05, 3.63) is 0 Å². The minimum atomic E-state index is -0.772. The summed E-state index contributed by atoms with van der Waals surface area (Å²) in [6.45, 7) is 2.87. The zero-order chi connectivity index (χ0) is 7.98. The van der Waals surface area contributed by atoms with Crippen LogP contribution in [0.1, 0.15) is 13.8 Å². The van der Waals surface area contributed by atoms with Crippen LogP contribution in [0.5, 0.6) is 0 Å². The van der Waals surface area contributed by atoms with Crippen molar-refractivity contribution in [2.24, 2.45) is 0 Å². The highest BCUT2D eigenvalue weighted by atomic mass is 16.7. The van der Waals surface area contributed by atoms with E-state index in [-0.39, 0.29) is 12.7 Å². The van der Waals surface area contributed by atoms with Crippen LogP contribution in [0.2, 0.25) is 0 Å². The lowest BCUT2D eigenvalue weighted by Gasteiger charge is -2.06. The van der Waals surface area contributed by atoms with Crippen molar-refractivity contribution in [3.8, 4) is 0 Å². The topological polar surface area (TPSA) is 55.4 Å². The van der Waals surface area contributed by atoms with Crippen molar-refractivity contribution in [2.45, 2.75) is 20.0 Å². The largest absolute Gasteiger partial charge is 0.508 e. The minimum absolute atomic E-state index is 0.119. The Hall–Kier alpha value is -0.770. The highest BCUT2D eigenvalue weighted by Crippen LogP contribution is 1.91. The maximum Gasteiger partial charge on any atom is 0.508 e. The van der Waals surface area contributed by atoms with Crippen molar-refractivity contribution in [3.63, 3.8) is 0 Å². The number of hydrogen-bond acceptors (Lipinski definition) is 3. The standard InChI is InChI=1S/C6H11O4/c1-5(2)10-6(8)9-4-3-7/h5H,3-4H2,1-2H3.